The van der Waals surface area contributed by atoms with Crippen molar-refractivity contribution < 1.29 is 32.7 Å². The fraction of sp³-hybridized carbons (Fsp3) is 0.690. The lowest BCUT2D eigenvalue weighted by Crippen LogP contribution is -2.51. The Labute approximate surface area is 223 Å². The van der Waals surface area contributed by atoms with Crippen molar-refractivity contribution in [2.24, 2.45) is 46.7 Å². The molecule has 0 aromatic carbocycles. The predicted octanol–water partition coefficient (Wildman–Crippen LogP) is 4.54. The van der Waals surface area contributed by atoms with Crippen LogP contribution in [-0.2, 0) is 11.8 Å². The molecule has 1 aromatic rings. The number of carbonyl (C=O) groups excluding carboxylic acids is 1. The molecule has 0 aliphatic heterocycles. The van der Waals surface area contributed by atoms with Gasteiger partial charge in [0.2, 0.25) is 0 Å². The molecule has 7 atom stereocenters. The Morgan fingerprint density at radius 1 is 1.13 bits per heavy atom. The van der Waals surface area contributed by atoms with Gasteiger partial charge in [-0.1, -0.05) is 36.7 Å². The highest BCUT2D eigenvalue weighted by Crippen LogP contribution is 2.66. The second-order valence-corrected chi connectivity index (χ2v) is 12.2. The molecule has 2 N–H and O–H groups in total. The molecular weight excluding hydrogens is 495 g/mol. The van der Waals surface area contributed by atoms with Crippen LogP contribution in [0.2, 0.25) is 0 Å². The zero-order valence-corrected chi connectivity index (χ0v) is 22.7. The van der Waals surface area contributed by atoms with Crippen LogP contribution in [-0.4, -0.2) is 29.1 Å². The van der Waals surface area contributed by atoms with E-state index in [2.05, 4.69) is 62.2 Å². The smallest absolute Gasteiger partial charge is 0.430 e. The van der Waals surface area contributed by atoms with E-state index in [1.54, 1.807) is 5.57 Å². The van der Waals surface area contributed by atoms with Crippen LogP contribution in [0.5, 0.6) is 0 Å². The molecule has 1 heterocycles. The first-order chi connectivity index (χ1) is 17.8. The Bertz CT molecular complexity index is 1100. The molecule has 4 aliphatic carbocycles. The molecule has 1 aromatic heterocycles. The minimum Gasteiger partial charge on any atom is -0.542 e. The maximum absolute atomic E-state index is 10.5. The van der Waals surface area contributed by atoms with Crippen molar-refractivity contribution in [2.45, 2.75) is 84.4 Å². The molecule has 0 bridgehead atoms. The van der Waals surface area contributed by atoms with E-state index >= 15 is 0 Å². The van der Waals surface area contributed by atoms with E-state index in [4.69, 9.17) is 15.0 Å². The van der Waals surface area contributed by atoms with Gasteiger partial charge in [-0.05, 0) is 92.9 Å². The molecule has 0 spiro atoms. The van der Waals surface area contributed by atoms with Gasteiger partial charge in [-0.3, -0.25) is 0 Å². The maximum atomic E-state index is 10.5. The van der Waals surface area contributed by atoms with Gasteiger partial charge in [0.15, 0.2) is 0 Å². The van der Waals surface area contributed by atoms with Gasteiger partial charge in [-0.2, -0.15) is 13.2 Å². The molecule has 0 amide bonds. The van der Waals surface area contributed by atoms with E-state index < -0.39 is 12.1 Å². The number of allylic oxidation sites excluding steroid dienone is 1. The average molecular weight is 536 g/mol. The number of aliphatic hydroxyl groups is 1. The number of halogens is 3. The van der Waals surface area contributed by atoms with Crippen LogP contribution in [0.1, 0.15) is 72.1 Å². The first-order valence-electron chi connectivity index (χ1n) is 13.7. The Kier molecular flexibility index (Phi) is 7.99. The van der Waals surface area contributed by atoms with Gasteiger partial charge in [0.1, 0.15) is 5.97 Å². The van der Waals surface area contributed by atoms with Crippen LogP contribution in [0, 0.1) is 34.5 Å². The number of aliphatic carboxylic acids is 1. The van der Waals surface area contributed by atoms with Crippen molar-refractivity contribution in [3.8, 4) is 0 Å². The molecule has 3 fully saturated rings. The van der Waals surface area contributed by atoms with Crippen molar-refractivity contribution in [1.82, 2.24) is 0 Å². The summed E-state index contributed by atoms with van der Waals surface area (Å²) in [5, 5.41) is 23.9. The number of carboxylic acid groups (broad SMARTS) is 1. The number of rotatable bonds is 3. The fourth-order valence-electron chi connectivity index (χ4n) is 8.26. The van der Waals surface area contributed by atoms with E-state index in [-0.39, 0.29) is 6.10 Å². The molecule has 9 heteroatoms. The molecule has 0 saturated heterocycles. The lowest BCUT2D eigenvalue weighted by Gasteiger charge is -2.58. The van der Waals surface area contributed by atoms with Crippen molar-refractivity contribution in [1.29, 1.82) is 0 Å². The Morgan fingerprint density at radius 3 is 2.50 bits per heavy atom. The van der Waals surface area contributed by atoms with Gasteiger partial charge in [0.25, 0.3) is 5.82 Å². The topological polar surface area (TPSA) is 88.6 Å². The maximum Gasteiger partial charge on any atom is 0.430 e. The number of alkyl halides is 3. The summed E-state index contributed by atoms with van der Waals surface area (Å²) in [6.45, 7) is 7.34. The third-order valence-electron chi connectivity index (χ3n) is 10.2. The van der Waals surface area contributed by atoms with E-state index in [0.29, 0.717) is 16.7 Å². The number of hydrogen-bond donors (Lipinski definition) is 2. The summed E-state index contributed by atoms with van der Waals surface area (Å²) in [6.07, 6.45) is 8.80. The summed E-state index contributed by atoms with van der Waals surface area (Å²) >= 11 is 0. The van der Waals surface area contributed by atoms with Crippen LogP contribution < -0.4 is 15.1 Å². The number of carbonyl (C=O) groups is 1. The third-order valence-corrected chi connectivity index (χ3v) is 10.2. The molecule has 4 aliphatic rings. The van der Waals surface area contributed by atoms with E-state index in [1.165, 1.54) is 50.7 Å². The molecule has 3 saturated carbocycles. The largest absolute Gasteiger partial charge is 0.542 e. The standard InChI is InChI=1S/C27H39N3O.C2HF3O2/c1-18(28-29-25-7-5-6-16-30(25)4)22-10-11-23-21-9-8-19-17-20(31)12-14-26(19,2)24(21)13-15-27(22,23)3;3-2(4,5)1(6)7/h5-7,16-17,20-24,31H,8-15H2,1-4H3;(H,6,7)/b28-18+;/t20-,21-,22+,23-,24-,26-,27+;/m0./s1. The number of nitrogens with one attached hydrogen (secondary N) is 1. The number of carboxylic acids is 1. The van der Waals surface area contributed by atoms with Crippen LogP contribution in [0.15, 0.2) is 41.1 Å². The highest BCUT2D eigenvalue weighted by Gasteiger charge is 2.59. The number of fused-ring (bicyclic) bond motifs is 5. The summed E-state index contributed by atoms with van der Waals surface area (Å²) < 4.78 is 33.6. The van der Waals surface area contributed by atoms with Crippen LogP contribution >= 0.6 is 0 Å². The fourth-order valence-corrected chi connectivity index (χ4v) is 8.26. The average Bonchev–Trinajstić information content (AvgIpc) is 3.21. The molecule has 210 valence electrons. The summed E-state index contributed by atoms with van der Waals surface area (Å²) in [6, 6.07) is 6.18. The Hall–Kier alpha value is -2.42. The molecule has 0 radical (unpaired) electrons. The monoisotopic (exact) mass is 535 g/mol. The number of hydrogen-bond acceptors (Lipinski definition) is 5. The van der Waals surface area contributed by atoms with Gasteiger partial charge in [-0.25, -0.2) is 4.57 Å². The summed E-state index contributed by atoms with van der Waals surface area (Å²) in [7, 11) is 2.05. The summed E-state index contributed by atoms with van der Waals surface area (Å²) in [4.78, 5) is 8.78. The third kappa shape index (κ3) is 5.36. The van der Waals surface area contributed by atoms with Gasteiger partial charge in [-0.15, -0.1) is 5.43 Å². The lowest BCUT2D eigenvalue weighted by atomic mass is 9.46. The van der Waals surface area contributed by atoms with Gasteiger partial charge in [0, 0.05) is 12.0 Å². The second kappa shape index (κ2) is 10.6. The predicted molar refractivity (Wildman–Crippen MR) is 137 cm³/mol. The highest BCUT2D eigenvalue weighted by molar-refractivity contribution is 5.86. The number of anilines is 1. The highest BCUT2D eigenvalue weighted by atomic mass is 19.4. The van der Waals surface area contributed by atoms with Crippen molar-refractivity contribution >= 4 is 17.5 Å². The van der Waals surface area contributed by atoms with Crippen LogP contribution in [0.3, 0.4) is 0 Å². The molecular formula is C29H40F3N3O3. The van der Waals surface area contributed by atoms with Crippen molar-refractivity contribution in [3.63, 3.8) is 0 Å². The molecule has 6 nitrogen and oxygen atoms in total. The first kappa shape index (κ1) is 28.6. The zero-order valence-electron chi connectivity index (χ0n) is 22.7. The number of aliphatic hydroxyl groups excluding tert-OH is 1. The van der Waals surface area contributed by atoms with E-state index in [9.17, 15) is 18.3 Å². The normalized spacial score (nSPS) is 36.6. The second-order valence-electron chi connectivity index (χ2n) is 12.2. The van der Waals surface area contributed by atoms with Gasteiger partial charge < -0.3 is 15.0 Å². The van der Waals surface area contributed by atoms with Crippen molar-refractivity contribution in [2.75, 3.05) is 5.43 Å². The Balaban J connectivity index is 0.000000426. The van der Waals surface area contributed by atoms with E-state index in [1.807, 2.05) is 6.07 Å². The lowest BCUT2D eigenvalue weighted by molar-refractivity contribution is -0.657. The van der Waals surface area contributed by atoms with Gasteiger partial charge >= 0.3 is 6.18 Å². The Morgan fingerprint density at radius 2 is 1.84 bits per heavy atom. The van der Waals surface area contributed by atoms with E-state index in [0.717, 1.165) is 30.0 Å². The summed E-state index contributed by atoms with van der Waals surface area (Å²) in [5.74, 6) is 1.07. The molecule has 0 unspecified atom stereocenters. The molecule has 38 heavy (non-hydrogen) atoms. The molecule has 5 rings (SSSR count). The number of nitrogens with zero attached hydrogens (tertiary/aromatic N) is 2. The first-order valence-corrected chi connectivity index (χ1v) is 13.7. The SMILES string of the molecule is C/C(=N\Nc1cccc[n+]1C)[C@H]1CC[C@H]2[C@@H]3CCC4=C[C@@H](O)CC[C@]4(C)[C@H]3CC[C@]12C.O=C([O-])C(F)(F)F. The van der Waals surface area contributed by atoms with Crippen molar-refractivity contribution in [3.05, 3.63) is 36.0 Å². The summed E-state index contributed by atoms with van der Waals surface area (Å²) in [5.41, 5.74) is 6.88. The van der Waals surface area contributed by atoms with Crippen LogP contribution in [0.25, 0.3) is 0 Å². The van der Waals surface area contributed by atoms with Gasteiger partial charge in [0.05, 0.1) is 25.1 Å². The number of hydrazone groups is 1. The quantitative estimate of drug-likeness (QED) is 0.258. The number of aryl methyl sites for hydroxylation is 1. The zero-order chi connectivity index (χ0) is 27.9. The number of aromatic nitrogens is 1. The number of pyridine rings is 1. The minimum atomic E-state index is -5.19. The minimum absolute atomic E-state index is 0.206. The van der Waals surface area contributed by atoms with Crippen LogP contribution in [0.4, 0.5) is 19.0 Å².